The normalized spacial score (nSPS) is 15.5. The lowest BCUT2D eigenvalue weighted by molar-refractivity contribution is -0.125. The van der Waals surface area contributed by atoms with Gasteiger partial charge in [0.1, 0.15) is 17.7 Å². The average molecular weight is 264 g/mol. The summed E-state index contributed by atoms with van der Waals surface area (Å²) in [6, 6.07) is -0.540. The molecular formula is C13H20N4O2. The molecule has 1 aliphatic rings. The molecule has 1 aromatic heterocycles. The maximum atomic E-state index is 12.0. The second kappa shape index (κ2) is 5.86. The predicted octanol–water partition coefficient (Wildman–Crippen LogP) is 1.07. The molecule has 0 saturated heterocycles. The van der Waals surface area contributed by atoms with Crippen molar-refractivity contribution in [2.24, 2.45) is 0 Å². The minimum Gasteiger partial charge on any atom is -0.345 e. The molecule has 0 fully saturated rings. The van der Waals surface area contributed by atoms with Crippen LogP contribution < -0.4 is 10.6 Å². The molecule has 1 aliphatic heterocycles. The third-order valence-electron chi connectivity index (χ3n) is 3.31. The zero-order valence-corrected chi connectivity index (χ0v) is 11.4. The average Bonchev–Trinajstić information content (AvgIpc) is 2.82. The SMILES string of the molecule is CCC(=O)N[C@@H](C)C(=O)Nc1cnc2n1CCCC2. The zero-order valence-electron chi connectivity index (χ0n) is 11.4. The van der Waals surface area contributed by atoms with E-state index in [4.69, 9.17) is 0 Å². The molecule has 6 nitrogen and oxygen atoms in total. The first-order chi connectivity index (χ1) is 9.11. The van der Waals surface area contributed by atoms with Gasteiger partial charge in [0, 0.05) is 19.4 Å². The van der Waals surface area contributed by atoms with Gasteiger partial charge in [-0.15, -0.1) is 0 Å². The van der Waals surface area contributed by atoms with E-state index >= 15 is 0 Å². The third-order valence-corrected chi connectivity index (χ3v) is 3.31. The minimum atomic E-state index is -0.540. The van der Waals surface area contributed by atoms with Gasteiger partial charge in [-0.3, -0.25) is 9.59 Å². The Labute approximate surface area is 112 Å². The van der Waals surface area contributed by atoms with E-state index in [-0.39, 0.29) is 11.8 Å². The summed E-state index contributed by atoms with van der Waals surface area (Å²) in [4.78, 5) is 27.5. The smallest absolute Gasteiger partial charge is 0.247 e. The standard InChI is InChI=1S/C13H20N4O2/c1-3-12(18)15-9(2)13(19)16-11-8-14-10-6-4-5-7-17(10)11/h8-9H,3-7H2,1-2H3,(H,15,18)(H,16,19)/t9-/m0/s1. The van der Waals surface area contributed by atoms with Crippen LogP contribution in [0, 0.1) is 0 Å². The molecule has 2 heterocycles. The molecule has 6 heteroatoms. The Morgan fingerprint density at radius 3 is 3.00 bits per heavy atom. The highest BCUT2D eigenvalue weighted by atomic mass is 16.2. The summed E-state index contributed by atoms with van der Waals surface area (Å²) in [7, 11) is 0. The van der Waals surface area contributed by atoms with Crippen LogP contribution in [0.4, 0.5) is 5.82 Å². The number of rotatable bonds is 4. The maximum Gasteiger partial charge on any atom is 0.247 e. The fraction of sp³-hybridized carbons (Fsp3) is 0.615. The van der Waals surface area contributed by atoms with E-state index in [0.29, 0.717) is 6.42 Å². The summed E-state index contributed by atoms with van der Waals surface area (Å²) in [5.74, 6) is 1.40. The molecule has 2 N–H and O–H groups in total. The highest BCUT2D eigenvalue weighted by Crippen LogP contribution is 2.19. The molecule has 0 radical (unpaired) electrons. The summed E-state index contributed by atoms with van der Waals surface area (Å²) >= 11 is 0. The van der Waals surface area contributed by atoms with Crippen LogP contribution in [0.15, 0.2) is 6.20 Å². The van der Waals surface area contributed by atoms with Crippen molar-refractivity contribution in [1.82, 2.24) is 14.9 Å². The second-order valence-corrected chi connectivity index (χ2v) is 4.80. The van der Waals surface area contributed by atoms with Gasteiger partial charge >= 0.3 is 0 Å². The first kappa shape index (κ1) is 13.6. The largest absolute Gasteiger partial charge is 0.345 e. The topological polar surface area (TPSA) is 76.0 Å². The number of nitrogens with one attached hydrogen (secondary N) is 2. The molecule has 0 saturated carbocycles. The van der Waals surface area contributed by atoms with Gasteiger partial charge in [0.15, 0.2) is 0 Å². The minimum absolute atomic E-state index is 0.127. The Balaban J connectivity index is 1.99. The van der Waals surface area contributed by atoms with Crippen molar-refractivity contribution >= 4 is 17.6 Å². The molecule has 2 amide bonds. The quantitative estimate of drug-likeness (QED) is 0.854. The van der Waals surface area contributed by atoms with Crippen molar-refractivity contribution in [2.45, 2.75) is 52.1 Å². The third kappa shape index (κ3) is 3.13. The van der Waals surface area contributed by atoms with Crippen molar-refractivity contribution in [3.8, 4) is 0 Å². The van der Waals surface area contributed by atoms with Gasteiger partial charge in [0.2, 0.25) is 11.8 Å². The van der Waals surface area contributed by atoms with Crippen molar-refractivity contribution in [2.75, 3.05) is 5.32 Å². The predicted molar refractivity (Wildman–Crippen MR) is 71.7 cm³/mol. The number of hydrogen-bond acceptors (Lipinski definition) is 3. The molecule has 104 valence electrons. The molecule has 2 rings (SSSR count). The molecular weight excluding hydrogens is 244 g/mol. The second-order valence-electron chi connectivity index (χ2n) is 4.80. The maximum absolute atomic E-state index is 12.0. The Bertz CT molecular complexity index is 481. The zero-order chi connectivity index (χ0) is 13.8. The van der Waals surface area contributed by atoms with Crippen molar-refractivity contribution in [3.63, 3.8) is 0 Å². The highest BCUT2D eigenvalue weighted by Gasteiger charge is 2.19. The highest BCUT2D eigenvalue weighted by molar-refractivity contribution is 5.96. The van der Waals surface area contributed by atoms with E-state index < -0.39 is 6.04 Å². The number of anilines is 1. The molecule has 0 spiro atoms. The molecule has 0 bridgehead atoms. The number of imidazole rings is 1. The Hall–Kier alpha value is -1.85. The Morgan fingerprint density at radius 2 is 2.26 bits per heavy atom. The number of hydrogen-bond donors (Lipinski definition) is 2. The number of fused-ring (bicyclic) bond motifs is 1. The summed E-state index contributed by atoms with van der Waals surface area (Å²) in [5.41, 5.74) is 0. The number of nitrogens with zero attached hydrogens (tertiary/aromatic N) is 2. The van der Waals surface area contributed by atoms with Crippen LogP contribution in [0.25, 0.3) is 0 Å². The van der Waals surface area contributed by atoms with Gasteiger partial charge in [0.25, 0.3) is 0 Å². The van der Waals surface area contributed by atoms with Crippen LogP contribution in [0.5, 0.6) is 0 Å². The van der Waals surface area contributed by atoms with Crippen molar-refractivity contribution in [1.29, 1.82) is 0 Å². The molecule has 0 unspecified atom stereocenters. The number of aromatic nitrogens is 2. The molecule has 0 aromatic carbocycles. The van der Waals surface area contributed by atoms with E-state index in [9.17, 15) is 9.59 Å². The van der Waals surface area contributed by atoms with E-state index in [2.05, 4.69) is 15.6 Å². The van der Waals surface area contributed by atoms with Crippen LogP contribution in [-0.4, -0.2) is 27.4 Å². The first-order valence-electron chi connectivity index (χ1n) is 6.76. The molecule has 0 aliphatic carbocycles. The van der Waals surface area contributed by atoms with Crippen LogP contribution in [-0.2, 0) is 22.6 Å². The number of carbonyl (C=O) groups is 2. The van der Waals surface area contributed by atoms with Gasteiger partial charge in [-0.05, 0) is 19.8 Å². The van der Waals surface area contributed by atoms with Crippen LogP contribution in [0.1, 0.15) is 38.9 Å². The van der Waals surface area contributed by atoms with Gasteiger partial charge in [0.05, 0.1) is 6.20 Å². The van der Waals surface area contributed by atoms with Crippen LogP contribution in [0.3, 0.4) is 0 Å². The Kier molecular flexibility index (Phi) is 4.19. The first-order valence-corrected chi connectivity index (χ1v) is 6.76. The molecule has 19 heavy (non-hydrogen) atoms. The van der Waals surface area contributed by atoms with Crippen molar-refractivity contribution in [3.05, 3.63) is 12.0 Å². The van der Waals surface area contributed by atoms with Crippen LogP contribution in [0.2, 0.25) is 0 Å². The lowest BCUT2D eigenvalue weighted by Gasteiger charge is -2.18. The fourth-order valence-electron chi connectivity index (χ4n) is 2.16. The lowest BCUT2D eigenvalue weighted by atomic mass is 10.2. The summed E-state index contributed by atoms with van der Waals surface area (Å²) < 4.78 is 2.04. The monoisotopic (exact) mass is 264 g/mol. The summed E-state index contributed by atoms with van der Waals surface area (Å²) in [6.45, 7) is 4.32. The van der Waals surface area contributed by atoms with E-state index in [1.165, 1.54) is 0 Å². The summed E-state index contributed by atoms with van der Waals surface area (Å²) in [5, 5.41) is 5.47. The van der Waals surface area contributed by atoms with E-state index in [1.807, 2.05) is 4.57 Å². The van der Waals surface area contributed by atoms with Gasteiger partial charge in [-0.2, -0.15) is 0 Å². The van der Waals surface area contributed by atoms with E-state index in [1.54, 1.807) is 20.0 Å². The number of amides is 2. The summed E-state index contributed by atoms with van der Waals surface area (Å²) in [6.07, 6.45) is 5.27. The van der Waals surface area contributed by atoms with Gasteiger partial charge in [-0.25, -0.2) is 4.98 Å². The van der Waals surface area contributed by atoms with Gasteiger partial charge < -0.3 is 15.2 Å². The van der Waals surface area contributed by atoms with Crippen LogP contribution >= 0.6 is 0 Å². The molecule has 1 aromatic rings. The molecule has 1 atom stereocenters. The fourth-order valence-corrected chi connectivity index (χ4v) is 2.16. The van der Waals surface area contributed by atoms with E-state index in [0.717, 1.165) is 37.4 Å². The Morgan fingerprint density at radius 1 is 1.47 bits per heavy atom. The van der Waals surface area contributed by atoms with Gasteiger partial charge in [-0.1, -0.05) is 6.92 Å². The number of aryl methyl sites for hydroxylation is 1. The number of carbonyl (C=O) groups excluding carboxylic acids is 2. The lowest BCUT2D eigenvalue weighted by Crippen LogP contribution is -2.41. The van der Waals surface area contributed by atoms with Crippen molar-refractivity contribution < 1.29 is 9.59 Å².